The van der Waals surface area contributed by atoms with E-state index < -0.39 is 0 Å². The van der Waals surface area contributed by atoms with E-state index in [0.29, 0.717) is 0 Å². The van der Waals surface area contributed by atoms with Crippen LogP contribution in [0.1, 0.15) is 22.3 Å². The predicted octanol–water partition coefficient (Wildman–Crippen LogP) is 11.5. The van der Waals surface area contributed by atoms with Crippen molar-refractivity contribution in [3.8, 4) is 33.4 Å². The maximum absolute atomic E-state index is 4.75. The zero-order valence-corrected chi connectivity index (χ0v) is 23.0. The second kappa shape index (κ2) is 8.91. The number of benzene rings is 7. The summed E-state index contributed by atoms with van der Waals surface area (Å²) in [7, 11) is 0. The van der Waals surface area contributed by atoms with Gasteiger partial charge in [0.1, 0.15) is 0 Å². The minimum absolute atomic E-state index is 1.08. The molecule has 0 saturated carbocycles. The molecule has 7 aromatic rings. The van der Waals surface area contributed by atoms with E-state index in [2.05, 4.69) is 135 Å². The van der Waals surface area contributed by atoms with Gasteiger partial charge in [-0.15, -0.1) is 0 Å². The first-order valence-electron chi connectivity index (χ1n) is 14.2. The molecule has 0 aliphatic heterocycles. The molecule has 0 saturated heterocycles. The highest BCUT2D eigenvalue weighted by Crippen LogP contribution is 2.55. The molecule has 0 heteroatoms. The van der Waals surface area contributed by atoms with Gasteiger partial charge in [-0.05, 0) is 107 Å². The van der Waals surface area contributed by atoms with Crippen LogP contribution in [0.3, 0.4) is 0 Å². The molecule has 8 rings (SSSR count). The Labute approximate surface area is 240 Å². The van der Waals surface area contributed by atoms with E-state index in [-0.39, 0.29) is 0 Å². The van der Waals surface area contributed by atoms with E-state index in [1.807, 2.05) is 6.08 Å². The molecule has 0 bridgehead atoms. The standard InChI is InChI=1S/C41H28/c1-4-29-34(37-24-28-16-8-9-18-31(28)32-19-11-12-20-33(32)37)22-23-36-39(29)26(3)38-25(2)30-17-10-13-21-35(30)40(41(36)38)27-14-6-5-7-15-27/h4-24H,1,3H2,2H3. The minimum Gasteiger partial charge on any atom is -0.0984 e. The Morgan fingerprint density at radius 2 is 1.10 bits per heavy atom. The van der Waals surface area contributed by atoms with Crippen molar-refractivity contribution in [2.75, 3.05) is 0 Å². The Kier molecular flexibility index (Phi) is 5.14. The number of rotatable bonds is 3. The van der Waals surface area contributed by atoms with Crippen LogP contribution in [0.4, 0.5) is 0 Å². The quantitative estimate of drug-likeness (QED) is 0.203. The molecule has 0 N–H and O–H groups in total. The van der Waals surface area contributed by atoms with Crippen LogP contribution < -0.4 is 0 Å². The third-order valence-electron chi connectivity index (χ3n) is 8.92. The highest BCUT2D eigenvalue weighted by atomic mass is 14.3. The molecular weight excluding hydrogens is 492 g/mol. The molecule has 7 aromatic carbocycles. The lowest BCUT2D eigenvalue weighted by Crippen LogP contribution is -1.93. The van der Waals surface area contributed by atoms with Crippen molar-refractivity contribution in [1.82, 2.24) is 0 Å². The lowest BCUT2D eigenvalue weighted by atomic mass is 9.85. The average molecular weight is 521 g/mol. The Bertz CT molecular complexity index is 2230. The van der Waals surface area contributed by atoms with Gasteiger partial charge in [-0.3, -0.25) is 0 Å². The highest BCUT2D eigenvalue weighted by Gasteiger charge is 2.32. The van der Waals surface area contributed by atoms with Crippen LogP contribution in [-0.4, -0.2) is 0 Å². The number of hydrogen-bond donors (Lipinski definition) is 0. The van der Waals surface area contributed by atoms with Crippen molar-refractivity contribution in [1.29, 1.82) is 0 Å². The lowest BCUT2D eigenvalue weighted by molar-refractivity contribution is 1.49. The topological polar surface area (TPSA) is 0 Å². The monoisotopic (exact) mass is 520 g/mol. The molecule has 1 aliphatic rings. The zero-order valence-electron chi connectivity index (χ0n) is 23.0. The van der Waals surface area contributed by atoms with Crippen LogP contribution in [0.5, 0.6) is 0 Å². The first kappa shape index (κ1) is 23.7. The normalized spacial score (nSPS) is 12.2. The van der Waals surface area contributed by atoms with Gasteiger partial charge >= 0.3 is 0 Å². The number of fused-ring (bicyclic) bond motifs is 7. The summed E-state index contributed by atoms with van der Waals surface area (Å²) in [6, 6.07) is 44.0. The second-order valence-electron chi connectivity index (χ2n) is 11.0. The largest absolute Gasteiger partial charge is 0.0984 e. The van der Waals surface area contributed by atoms with Gasteiger partial charge in [0.05, 0.1) is 0 Å². The second-order valence-corrected chi connectivity index (χ2v) is 11.0. The van der Waals surface area contributed by atoms with Crippen LogP contribution >= 0.6 is 0 Å². The molecule has 1 aliphatic carbocycles. The van der Waals surface area contributed by atoms with Gasteiger partial charge in [-0.1, -0.05) is 134 Å². The van der Waals surface area contributed by atoms with E-state index in [1.54, 1.807) is 0 Å². The molecule has 192 valence electrons. The molecule has 0 atom stereocenters. The van der Waals surface area contributed by atoms with Crippen molar-refractivity contribution >= 4 is 44.0 Å². The van der Waals surface area contributed by atoms with E-state index in [0.717, 1.165) is 11.1 Å². The molecule has 0 unspecified atom stereocenters. The van der Waals surface area contributed by atoms with Gasteiger partial charge in [0.15, 0.2) is 0 Å². The molecule has 0 spiro atoms. The van der Waals surface area contributed by atoms with Gasteiger partial charge in [-0.25, -0.2) is 0 Å². The van der Waals surface area contributed by atoms with Gasteiger partial charge in [0, 0.05) is 0 Å². The van der Waals surface area contributed by atoms with Crippen molar-refractivity contribution in [2.24, 2.45) is 0 Å². The summed E-state index contributed by atoms with van der Waals surface area (Å²) in [6.07, 6.45) is 2.03. The average Bonchev–Trinajstić information content (AvgIpc) is 3.33. The van der Waals surface area contributed by atoms with Crippen molar-refractivity contribution in [3.05, 3.63) is 157 Å². The molecular formula is C41H28. The van der Waals surface area contributed by atoms with Gasteiger partial charge in [0.2, 0.25) is 0 Å². The molecule has 0 fully saturated rings. The maximum Gasteiger partial charge on any atom is -0.00112 e. The minimum atomic E-state index is 1.08. The fourth-order valence-electron chi connectivity index (χ4n) is 7.16. The van der Waals surface area contributed by atoms with Gasteiger partial charge < -0.3 is 0 Å². The third-order valence-corrected chi connectivity index (χ3v) is 8.92. The van der Waals surface area contributed by atoms with E-state index >= 15 is 0 Å². The molecule has 0 radical (unpaired) electrons. The Hall–Kier alpha value is -5.20. The lowest BCUT2D eigenvalue weighted by Gasteiger charge is -2.18. The van der Waals surface area contributed by atoms with Crippen LogP contribution in [0.25, 0.3) is 77.3 Å². The Balaban J connectivity index is 1.48. The summed E-state index contributed by atoms with van der Waals surface area (Å²) >= 11 is 0. The van der Waals surface area contributed by atoms with Gasteiger partial charge in [-0.2, -0.15) is 0 Å². The smallest absolute Gasteiger partial charge is 0.00112 e. The van der Waals surface area contributed by atoms with Crippen LogP contribution in [0.2, 0.25) is 0 Å². The first-order valence-corrected chi connectivity index (χ1v) is 14.2. The van der Waals surface area contributed by atoms with Crippen molar-refractivity contribution in [3.63, 3.8) is 0 Å². The van der Waals surface area contributed by atoms with E-state index in [4.69, 9.17) is 6.58 Å². The molecule has 0 nitrogen and oxygen atoms in total. The summed E-state index contributed by atoms with van der Waals surface area (Å²) in [6.45, 7) is 11.3. The first-order chi connectivity index (χ1) is 20.2. The summed E-state index contributed by atoms with van der Waals surface area (Å²) < 4.78 is 0. The fraction of sp³-hybridized carbons (Fsp3) is 0.0244. The molecule has 0 heterocycles. The number of aryl methyl sites for hydroxylation is 1. The molecule has 0 amide bonds. The van der Waals surface area contributed by atoms with Crippen LogP contribution in [-0.2, 0) is 0 Å². The summed E-state index contributed by atoms with van der Waals surface area (Å²) in [5, 5.41) is 7.60. The number of hydrogen-bond acceptors (Lipinski definition) is 0. The summed E-state index contributed by atoms with van der Waals surface area (Å²) in [5.41, 5.74) is 13.4. The summed E-state index contributed by atoms with van der Waals surface area (Å²) in [5.74, 6) is 0. The van der Waals surface area contributed by atoms with Crippen molar-refractivity contribution < 1.29 is 0 Å². The Morgan fingerprint density at radius 3 is 1.85 bits per heavy atom. The van der Waals surface area contributed by atoms with E-state index in [1.165, 1.54) is 82.4 Å². The van der Waals surface area contributed by atoms with Gasteiger partial charge in [0.25, 0.3) is 0 Å². The molecule has 41 heavy (non-hydrogen) atoms. The van der Waals surface area contributed by atoms with Crippen LogP contribution in [0.15, 0.2) is 134 Å². The summed E-state index contributed by atoms with van der Waals surface area (Å²) in [4.78, 5) is 0. The van der Waals surface area contributed by atoms with Crippen LogP contribution in [0, 0.1) is 6.92 Å². The SMILES string of the molecule is C=Cc1c(-c2cc3ccccc3c3ccccc23)ccc2c1C(=C)c1c-2c(-c2ccccc2)c2ccccc2c1C. The fourth-order valence-corrected chi connectivity index (χ4v) is 7.16. The van der Waals surface area contributed by atoms with E-state index in [9.17, 15) is 0 Å². The zero-order chi connectivity index (χ0) is 27.7. The maximum atomic E-state index is 4.75. The predicted molar refractivity (Wildman–Crippen MR) is 178 cm³/mol. The third kappa shape index (κ3) is 3.28. The highest BCUT2D eigenvalue weighted by molar-refractivity contribution is 6.19. The Morgan fingerprint density at radius 1 is 0.488 bits per heavy atom. The van der Waals surface area contributed by atoms with Crippen molar-refractivity contribution in [2.45, 2.75) is 6.92 Å². The molecule has 0 aromatic heterocycles.